The fraction of sp³-hybridized carbons (Fsp3) is 0.577. The number of hydrogen-bond acceptors (Lipinski definition) is 7. The van der Waals surface area contributed by atoms with Crippen molar-refractivity contribution in [3.63, 3.8) is 0 Å². The zero-order valence-corrected chi connectivity index (χ0v) is 21.1. The smallest absolute Gasteiger partial charge is 0.318 e. The predicted octanol–water partition coefficient (Wildman–Crippen LogP) is 2.82. The van der Waals surface area contributed by atoms with E-state index in [2.05, 4.69) is 5.32 Å². The monoisotopic (exact) mass is 488 g/mol. The van der Waals surface area contributed by atoms with Gasteiger partial charge in [0.05, 0.1) is 26.7 Å². The topological polar surface area (TPSA) is 103 Å². The summed E-state index contributed by atoms with van der Waals surface area (Å²) in [6.07, 6.45) is 4.53. The van der Waals surface area contributed by atoms with E-state index in [-0.39, 0.29) is 31.4 Å². The van der Waals surface area contributed by atoms with Crippen molar-refractivity contribution in [2.24, 2.45) is 11.3 Å². The second kappa shape index (κ2) is 12.1. The molecule has 1 aliphatic carbocycles. The maximum absolute atomic E-state index is 13.6. The minimum atomic E-state index is -1.13. The van der Waals surface area contributed by atoms with Crippen LogP contribution in [0.25, 0.3) is 0 Å². The summed E-state index contributed by atoms with van der Waals surface area (Å²) in [5.74, 6) is -0.572. The molecule has 2 aliphatic rings. The minimum Gasteiger partial charge on any atom is -0.493 e. The number of amides is 2. The van der Waals surface area contributed by atoms with E-state index in [1.165, 1.54) is 0 Å². The van der Waals surface area contributed by atoms with Gasteiger partial charge in [0.2, 0.25) is 11.8 Å². The summed E-state index contributed by atoms with van der Waals surface area (Å²) in [7, 11) is 4.72. The summed E-state index contributed by atoms with van der Waals surface area (Å²) in [5, 5.41) is 2.89. The molecule has 1 N–H and O–H groups in total. The maximum atomic E-state index is 13.6. The lowest BCUT2D eigenvalue weighted by molar-refractivity contribution is -0.158. The molecular formula is C26H36N2O7. The fourth-order valence-electron chi connectivity index (χ4n) is 5.07. The predicted molar refractivity (Wildman–Crippen MR) is 129 cm³/mol. The minimum absolute atomic E-state index is 0.0942. The van der Waals surface area contributed by atoms with Gasteiger partial charge < -0.3 is 29.2 Å². The van der Waals surface area contributed by atoms with Crippen molar-refractivity contribution in [3.8, 4) is 11.5 Å². The molecule has 1 heterocycles. The third kappa shape index (κ3) is 5.45. The first kappa shape index (κ1) is 26.5. The van der Waals surface area contributed by atoms with Gasteiger partial charge in [-0.25, -0.2) is 0 Å². The molecule has 9 nitrogen and oxygen atoms in total. The Morgan fingerprint density at radius 3 is 2.63 bits per heavy atom. The number of hydrogen-bond donors (Lipinski definition) is 1. The zero-order valence-electron chi connectivity index (χ0n) is 21.1. The molecule has 0 bridgehead atoms. The standard InChI is InChI=1S/C26H36N2O7/c1-5-35-25(31)26-12-7-6-9-22(26)28(13-8-14-32-2)24(30)19(26)16-23(29)27-17-18-10-11-20(33-3)21(15-18)34-4/h9-11,15,19H,5-8,12-14,16-17H2,1-4H3,(H,27,29)/t19-,26-/m0/s1. The van der Waals surface area contributed by atoms with Crippen molar-refractivity contribution < 1.29 is 33.3 Å². The Labute approximate surface area is 206 Å². The molecule has 35 heavy (non-hydrogen) atoms. The Morgan fingerprint density at radius 1 is 1.17 bits per heavy atom. The van der Waals surface area contributed by atoms with Gasteiger partial charge in [0.25, 0.3) is 0 Å². The Morgan fingerprint density at radius 2 is 1.94 bits per heavy atom. The quantitative estimate of drug-likeness (QED) is 0.356. The van der Waals surface area contributed by atoms with Crippen molar-refractivity contribution in [3.05, 3.63) is 35.5 Å². The molecule has 0 spiro atoms. The number of carbonyl (C=O) groups excluding carboxylic acids is 3. The number of carbonyl (C=O) groups is 3. The number of ether oxygens (including phenoxy) is 4. The van der Waals surface area contributed by atoms with E-state index < -0.39 is 17.3 Å². The van der Waals surface area contributed by atoms with Gasteiger partial charge in [-0.3, -0.25) is 14.4 Å². The lowest BCUT2D eigenvalue weighted by Crippen LogP contribution is -2.43. The lowest BCUT2D eigenvalue weighted by Gasteiger charge is -2.35. The van der Waals surface area contributed by atoms with Crippen molar-refractivity contribution in [2.75, 3.05) is 41.1 Å². The highest BCUT2D eigenvalue weighted by Crippen LogP contribution is 2.53. The Kier molecular flexibility index (Phi) is 9.14. The number of nitrogens with zero attached hydrogens (tertiary/aromatic N) is 1. The summed E-state index contributed by atoms with van der Waals surface area (Å²) < 4.78 is 21.2. The van der Waals surface area contributed by atoms with Crippen LogP contribution < -0.4 is 14.8 Å². The highest BCUT2D eigenvalue weighted by atomic mass is 16.5. The zero-order chi connectivity index (χ0) is 25.4. The molecule has 1 saturated heterocycles. The highest BCUT2D eigenvalue weighted by molar-refractivity contribution is 5.99. The number of benzene rings is 1. The van der Waals surface area contributed by atoms with Gasteiger partial charge in [-0.1, -0.05) is 12.1 Å². The lowest BCUT2D eigenvalue weighted by atomic mass is 9.68. The van der Waals surface area contributed by atoms with Crippen molar-refractivity contribution in [2.45, 2.75) is 45.6 Å². The Balaban J connectivity index is 1.80. The van der Waals surface area contributed by atoms with Crippen molar-refractivity contribution >= 4 is 17.8 Å². The van der Waals surface area contributed by atoms with E-state index >= 15 is 0 Å². The maximum Gasteiger partial charge on any atom is 0.318 e. The van der Waals surface area contributed by atoms with Crippen LogP contribution in [-0.2, 0) is 30.4 Å². The molecule has 0 aromatic heterocycles. The van der Waals surface area contributed by atoms with E-state index in [1.807, 2.05) is 12.1 Å². The highest BCUT2D eigenvalue weighted by Gasteiger charge is 2.61. The molecule has 2 atom stereocenters. The number of methoxy groups -OCH3 is 3. The van der Waals surface area contributed by atoms with Gasteiger partial charge in [-0.05, 0) is 50.3 Å². The fourth-order valence-corrected chi connectivity index (χ4v) is 5.07. The van der Waals surface area contributed by atoms with Gasteiger partial charge in [0.15, 0.2) is 11.5 Å². The number of fused-ring (bicyclic) bond motifs is 1. The molecule has 0 saturated carbocycles. The number of allylic oxidation sites excluding steroid dienone is 1. The van der Waals surface area contributed by atoms with Gasteiger partial charge in [0.1, 0.15) is 5.41 Å². The third-order valence-electron chi connectivity index (χ3n) is 6.72. The largest absolute Gasteiger partial charge is 0.493 e. The summed E-state index contributed by atoms with van der Waals surface area (Å²) in [6, 6.07) is 5.40. The normalized spacial score (nSPS) is 21.3. The van der Waals surface area contributed by atoms with Crippen LogP contribution >= 0.6 is 0 Å². The number of nitrogens with one attached hydrogen (secondary N) is 1. The first-order chi connectivity index (χ1) is 16.9. The van der Waals surface area contributed by atoms with E-state index in [0.717, 1.165) is 18.4 Å². The van der Waals surface area contributed by atoms with Crippen LogP contribution in [-0.4, -0.2) is 63.8 Å². The number of likely N-dealkylation sites (tertiary alicyclic amines) is 1. The van der Waals surface area contributed by atoms with E-state index in [0.29, 0.717) is 43.2 Å². The van der Waals surface area contributed by atoms with E-state index in [4.69, 9.17) is 18.9 Å². The summed E-state index contributed by atoms with van der Waals surface area (Å²) in [6.45, 7) is 3.15. The molecule has 1 aromatic rings. The second-order valence-corrected chi connectivity index (χ2v) is 8.73. The Bertz CT molecular complexity index is 961. The van der Waals surface area contributed by atoms with Crippen LogP contribution in [0, 0.1) is 11.3 Å². The van der Waals surface area contributed by atoms with Crippen LogP contribution in [0.2, 0.25) is 0 Å². The summed E-state index contributed by atoms with van der Waals surface area (Å²) in [4.78, 5) is 41.6. The van der Waals surface area contributed by atoms with Gasteiger partial charge >= 0.3 is 5.97 Å². The van der Waals surface area contributed by atoms with Crippen molar-refractivity contribution in [1.29, 1.82) is 0 Å². The van der Waals surface area contributed by atoms with Crippen LogP contribution in [0.1, 0.15) is 44.6 Å². The SMILES string of the molecule is CCOC(=O)[C@]12CCCC=C1N(CCCOC)C(=O)[C@@H]2CC(=O)NCc1ccc(OC)c(OC)c1. The van der Waals surface area contributed by atoms with Crippen LogP contribution in [0.5, 0.6) is 11.5 Å². The summed E-state index contributed by atoms with van der Waals surface area (Å²) in [5.41, 5.74) is 0.383. The molecule has 1 fully saturated rings. The molecule has 0 unspecified atom stereocenters. The van der Waals surface area contributed by atoms with Gasteiger partial charge in [0, 0.05) is 38.9 Å². The van der Waals surface area contributed by atoms with E-state index in [9.17, 15) is 14.4 Å². The first-order valence-corrected chi connectivity index (χ1v) is 12.1. The third-order valence-corrected chi connectivity index (χ3v) is 6.72. The van der Waals surface area contributed by atoms with E-state index in [1.54, 1.807) is 45.3 Å². The second-order valence-electron chi connectivity index (χ2n) is 8.73. The van der Waals surface area contributed by atoms with Gasteiger partial charge in [-0.15, -0.1) is 0 Å². The Hall–Kier alpha value is -3.07. The van der Waals surface area contributed by atoms with Crippen LogP contribution in [0.3, 0.4) is 0 Å². The molecule has 1 aromatic carbocycles. The van der Waals surface area contributed by atoms with Crippen LogP contribution in [0.15, 0.2) is 30.0 Å². The van der Waals surface area contributed by atoms with Crippen molar-refractivity contribution in [1.82, 2.24) is 10.2 Å². The van der Waals surface area contributed by atoms with Crippen LogP contribution in [0.4, 0.5) is 0 Å². The number of rotatable bonds is 12. The molecular weight excluding hydrogens is 452 g/mol. The molecule has 0 radical (unpaired) electrons. The average Bonchev–Trinajstić information content (AvgIpc) is 3.11. The number of esters is 1. The molecule has 2 amide bonds. The average molecular weight is 489 g/mol. The summed E-state index contributed by atoms with van der Waals surface area (Å²) >= 11 is 0. The molecule has 1 aliphatic heterocycles. The first-order valence-electron chi connectivity index (χ1n) is 12.1. The van der Waals surface area contributed by atoms with Gasteiger partial charge in [-0.2, -0.15) is 0 Å². The molecule has 192 valence electrons. The molecule has 9 heteroatoms. The molecule has 3 rings (SSSR count).